The molecular formula is C18H29ClN4O. The molecule has 1 atom stereocenters. The molecule has 1 aromatic rings. The normalized spacial score (nSPS) is 17.5. The lowest BCUT2D eigenvalue weighted by Gasteiger charge is -2.38. The highest BCUT2D eigenvalue weighted by molar-refractivity contribution is 6.30. The molecule has 1 fully saturated rings. The molecule has 0 aromatic heterocycles. The predicted molar refractivity (Wildman–Crippen MR) is 99.6 cm³/mol. The van der Waals surface area contributed by atoms with Crippen LogP contribution >= 0.6 is 11.6 Å². The van der Waals surface area contributed by atoms with E-state index in [0.717, 1.165) is 44.3 Å². The average molecular weight is 353 g/mol. The van der Waals surface area contributed by atoms with Gasteiger partial charge in [-0.2, -0.15) is 0 Å². The summed E-state index contributed by atoms with van der Waals surface area (Å²) >= 11 is 6.03. The Labute approximate surface area is 150 Å². The van der Waals surface area contributed by atoms with E-state index in [4.69, 9.17) is 11.6 Å². The number of nitrogens with one attached hydrogen (secondary N) is 1. The van der Waals surface area contributed by atoms with Gasteiger partial charge in [0.05, 0.1) is 6.04 Å². The van der Waals surface area contributed by atoms with Crippen LogP contribution in [0.2, 0.25) is 5.02 Å². The molecule has 0 spiro atoms. The van der Waals surface area contributed by atoms with Gasteiger partial charge in [0, 0.05) is 50.8 Å². The van der Waals surface area contributed by atoms with Gasteiger partial charge in [-0.3, -0.25) is 4.90 Å². The number of carbonyl (C=O) groups is 1. The molecule has 6 heteroatoms. The van der Waals surface area contributed by atoms with Crippen molar-refractivity contribution in [1.29, 1.82) is 0 Å². The molecule has 2 amide bonds. The van der Waals surface area contributed by atoms with Crippen molar-refractivity contribution in [1.82, 2.24) is 20.0 Å². The summed E-state index contributed by atoms with van der Waals surface area (Å²) in [7, 11) is 2.15. The number of hydrogen-bond acceptors (Lipinski definition) is 3. The number of nitrogens with zero attached hydrogens (tertiary/aromatic N) is 3. The monoisotopic (exact) mass is 352 g/mol. The summed E-state index contributed by atoms with van der Waals surface area (Å²) in [6.45, 7) is 10.2. The number of amides is 2. The van der Waals surface area contributed by atoms with Crippen molar-refractivity contribution in [3.63, 3.8) is 0 Å². The maximum Gasteiger partial charge on any atom is 0.317 e. The van der Waals surface area contributed by atoms with Gasteiger partial charge in [0.2, 0.25) is 0 Å². The van der Waals surface area contributed by atoms with E-state index in [0.29, 0.717) is 6.54 Å². The molecule has 1 aliphatic rings. The average Bonchev–Trinajstić information content (AvgIpc) is 2.59. The Hall–Kier alpha value is -1.30. The van der Waals surface area contributed by atoms with Crippen LogP contribution in [0.1, 0.15) is 25.5 Å². The van der Waals surface area contributed by atoms with Crippen molar-refractivity contribution in [2.45, 2.75) is 19.9 Å². The second kappa shape index (κ2) is 9.25. The van der Waals surface area contributed by atoms with E-state index in [9.17, 15) is 4.79 Å². The number of urea groups is 1. The van der Waals surface area contributed by atoms with Gasteiger partial charge < -0.3 is 15.1 Å². The largest absolute Gasteiger partial charge is 0.336 e. The second-order valence-corrected chi connectivity index (χ2v) is 6.70. The molecular weight excluding hydrogens is 324 g/mol. The highest BCUT2D eigenvalue weighted by Crippen LogP contribution is 2.23. The first-order valence-corrected chi connectivity index (χ1v) is 9.13. The predicted octanol–water partition coefficient (Wildman–Crippen LogP) is 2.68. The van der Waals surface area contributed by atoms with Crippen LogP contribution < -0.4 is 5.32 Å². The summed E-state index contributed by atoms with van der Waals surface area (Å²) in [5.74, 6) is 0. The molecule has 24 heavy (non-hydrogen) atoms. The molecule has 1 saturated heterocycles. The van der Waals surface area contributed by atoms with Crippen molar-refractivity contribution in [2.75, 3.05) is 52.9 Å². The van der Waals surface area contributed by atoms with Gasteiger partial charge in [0.15, 0.2) is 0 Å². The Morgan fingerprint density at radius 2 is 1.75 bits per heavy atom. The van der Waals surface area contributed by atoms with Crippen LogP contribution in [0.15, 0.2) is 24.3 Å². The van der Waals surface area contributed by atoms with Crippen LogP contribution in [0.5, 0.6) is 0 Å². The number of rotatable bonds is 6. The van der Waals surface area contributed by atoms with Crippen LogP contribution in [0.4, 0.5) is 4.79 Å². The molecule has 1 aromatic carbocycles. The van der Waals surface area contributed by atoms with E-state index in [1.54, 1.807) is 0 Å². The SMILES string of the molecule is CCN(CC)C(=O)NCC(c1ccc(Cl)cc1)N1CCN(C)CC1. The van der Waals surface area contributed by atoms with Crippen LogP contribution in [-0.2, 0) is 0 Å². The third-order valence-electron chi connectivity index (χ3n) is 4.73. The zero-order chi connectivity index (χ0) is 17.5. The van der Waals surface area contributed by atoms with Crippen LogP contribution in [0, 0.1) is 0 Å². The highest BCUT2D eigenvalue weighted by atomic mass is 35.5. The quantitative estimate of drug-likeness (QED) is 0.855. The van der Waals surface area contributed by atoms with Crippen molar-refractivity contribution < 1.29 is 4.79 Å². The van der Waals surface area contributed by atoms with Gasteiger partial charge in [-0.1, -0.05) is 23.7 Å². The number of carbonyl (C=O) groups excluding carboxylic acids is 1. The smallest absolute Gasteiger partial charge is 0.317 e. The fourth-order valence-corrected chi connectivity index (χ4v) is 3.21. The minimum absolute atomic E-state index is 0.00749. The summed E-state index contributed by atoms with van der Waals surface area (Å²) in [5.41, 5.74) is 1.20. The summed E-state index contributed by atoms with van der Waals surface area (Å²) in [6, 6.07) is 8.16. The van der Waals surface area contributed by atoms with E-state index in [-0.39, 0.29) is 12.1 Å². The summed E-state index contributed by atoms with van der Waals surface area (Å²) in [6.07, 6.45) is 0. The van der Waals surface area contributed by atoms with E-state index in [1.807, 2.05) is 30.9 Å². The zero-order valence-electron chi connectivity index (χ0n) is 15.0. The number of hydrogen-bond donors (Lipinski definition) is 1. The standard InChI is InChI=1S/C18H29ClN4O/c1-4-22(5-2)18(24)20-14-17(15-6-8-16(19)9-7-15)23-12-10-21(3)11-13-23/h6-9,17H,4-5,10-14H2,1-3H3,(H,20,24). The van der Waals surface area contributed by atoms with E-state index in [2.05, 4.69) is 34.3 Å². The van der Waals surface area contributed by atoms with Gasteiger partial charge in [-0.15, -0.1) is 0 Å². The van der Waals surface area contributed by atoms with Crippen molar-refractivity contribution in [2.24, 2.45) is 0 Å². The molecule has 134 valence electrons. The molecule has 0 bridgehead atoms. The third-order valence-corrected chi connectivity index (χ3v) is 4.98. The molecule has 5 nitrogen and oxygen atoms in total. The Morgan fingerprint density at radius 3 is 2.29 bits per heavy atom. The molecule has 1 unspecified atom stereocenters. The molecule has 1 aliphatic heterocycles. The number of likely N-dealkylation sites (N-methyl/N-ethyl adjacent to an activating group) is 1. The molecule has 0 aliphatic carbocycles. The van der Waals surface area contributed by atoms with E-state index in [1.165, 1.54) is 5.56 Å². The van der Waals surface area contributed by atoms with Crippen molar-refractivity contribution in [3.8, 4) is 0 Å². The molecule has 0 saturated carbocycles. The van der Waals surface area contributed by atoms with Gasteiger partial charge in [0.1, 0.15) is 0 Å². The van der Waals surface area contributed by atoms with Crippen molar-refractivity contribution in [3.05, 3.63) is 34.9 Å². The number of piperazine rings is 1. The zero-order valence-corrected chi connectivity index (χ0v) is 15.7. The minimum atomic E-state index is 0.00749. The Balaban J connectivity index is 2.08. The highest BCUT2D eigenvalue weighted by Gasteiger charge is 2.24. The molecule has 1 N–H and O–H groups in total. The lowest BCUT2D eigenvalue weighted by molar-refractivity contribution is 0.109. The minimum Gasteiger partial charge on any atom is -0.336 e. The van der Waals surface area contributed by atoms with Gasteiger partial charge in [-0.25, -0.2) is 4.79 Å². The first-order valence-electron chi connectivity index (χ1n) is 8.76. The topological polar surface area (TPSA) is 38.8 Å². The molecule has 0 radical (unpaired) electrons. The summed E-state index contributed by atoms with van der Waals surface area (Å²) in [4.78, 5) is 18.9. The lowest BCUT2D eigenvalue weighted by Crippen LogP contribution is -2.49. The van der Waals surface area contributed by atoms with E-state index < -0.39 is 0 Å². The van der Waals surface area contributed by atoms with Gasteiger partial charge >= 0.3 is 6.03 Å². The third kappa shape index (κ3) is 5.10. The Kier molecular flexibility index (Phi) is 7.34. The second-order valence-electron chi connectivity index (χ2n) is 6.26. The van der Waals surface area contributed by atoms with Crippen LogP contribution in [0.25, 0.3) is 0 Å². The first kappa shape index (κ1) is 19.0. The summed E-state index contributed by atoms with van der Waals surface area (Å²) in [5, 5.41) is 3.84. The Morgan fingerprint density at radius 1 is 1.17 bits per heavy atom. The molecule has 2 rings (SSSR count). The van der Waals surface area contributed by atoms with Crippen LogP contribution in [0.3, 0.4) is 0 Å². The number of halogens is 1. The van der Waals surface area contributed by atoms with Crippen molar-refractivity contribution >= 4 is 17.6 Å². The fraction of sp³-hybridized carbons (Fsp3) is 0.611. The summed E-state index contributed by atoms with van der Waals surface area (Å²) < 4.78 is 0. The first-order chi connectivity index (χ1) is 11.5. The number of benzene rings is 1. The molecule has 1 heterocycles. The van der Waals surface area contributed by atoms with Gasteiger partial charge in [0.25, 0.3) is 0 Å². The van der Waals surface area contributed by atoms with Crippen LogP contribution in [-0.4, -0.2) is 73.6 Å². The lowest BCUT2D eigenvalue weighted by atomic mass is 10.0. The Bertz CT molecular complexity index is 510. The maximum absolute atomic E-state index is 12.3. The fourth-order valence-electron chi connectivity index (χ4n) is 3.08. The maximum atomic E-state index is 12.3. The van der Waals surface area contributed by atoms with E-state index >= 15 is 0 Å². The van der Waals surface area contributed by atoms with Gasteiger partial charge in [-0.05, 0) is 38.6 Å².